The molecule has 194 valence electrons. The summed E-state index contributed by atoms with van der Waals surface area (Å²) in [5.74, 6) is 0.938. The van der Waals surface area contributed by atoms with E-state index in [0.717, 1.165) is 48.9 Å². The van der Waals surface area contributed by atoms with Gasteiger partial charge in [0.05, 0.1) is 23.8 Å². The number of aromatic hydroxyl groups is 1. The maximum absolute atomic E-state index is 16.4. The fourth-order valence-electron chi connectivity index (χ4n) is 5.89. The summed E-state index contributed by atoms with van der Waals surface area (Å²) in [6.07, 6.45) is 4.52. The maximum atomic E-state index is 16.4. The maximum Gasteiger partial charge on any atom is 0.324 e. The zero-order valence-electron chi connectivity index (χ0n) is 21.2. The molecule has 2 saturated heterocycles. The number of hydrogen-bond acceptors (Lipinski definition) is 8. The molecule has 2 aromatic carbocycles. The number of allylic oxidation sites excluding steroid dienone is 1. The third-order valence-electron chi connectivity index (χ3n) is 7.65. The number of ether oxygens (including phenoxy) is 2. The summed E-state index contributed by atoms with van der Waals surface area (Å²) in [5, 5.41) is 12.5. The highest BCUT2D eigenvalue weighted by Crippen LogP contribution is 2.38. The van der Waals surface area contributed by atoms with Crippen LogP contribution in [0, 0.1) is 5.82 Å². The van der Waals surface area contributed by atoms with Gasteiger partial charge in [0.2, 0.25) is 0 Å². The lowest BCUT2D eigenvalue weighted by Gasteiger charge is -2.32. The minimum absolute atomic E-state index is 0.0145. The zero-order valence-corrected chi connectivity index (χ0v) is 21.2. The third kappa shape index (κ3) is 3.89. The van der Waals surface area contributed by atoms with Gasteiger partial charge >= 0.3 is 6.01 Å². The van der Waals surface area contributed by atoms with Gasteiger partial charge < -0.3 is 24.4 Å². The van der Waals surface area contributed by atoms with Gasteiger partial charge in [0.25, 0.3) is 0 Å². The number of benzene rings is 2. The molecule has 38 heavy (non-hydrogen) atoms. The van der Waals surface area contributed by atoms with E-state index in [0.29, 0.717) is 36.5 Å². The van der Waals surface area contributed by atoms with Crippen LogP contribution < -0.4 is 9.64 Å². The second-order valence-corrected chi connectivity index (χ2v) is 10.2. The van der Waals surface area contributed by atoms with E-state index in [9.17, 15) is 5.11 Å². The molecule has 1 unspecified atom stereocenters. The van der Waals surface area contributed by atoms with Crippen molar-refractivity contribution in [1.82, 2.24) is 19.9 Å². The summed E-state index contributed by atoms with van der Waals surface area (Å²) in [4.78, 5) is 18.3. The summed E-state index contributed by atoms with van der Waals surface area (Å²) in [5.41, 5.74) is 1.98. The molecule has 0 aliphatic carbocycles. The number of halogens is 1. The topological polar surface area (TPSA) is 83.8 Å². The Morgan fingerprint density at radius 3 is 2.84 bits per heavy atom. The number of anilines is 1. The molecule has 0 amide bonds. The van der Waals surface area contributed by atoms with E-state index in [4.69, 9.17) is 14.5 Å². The molecule has 2 aromatic heterocycles. The molecule has 7 rings (SSSR count). The van der Waals surface area contributed by atoms with Crippen LogP contribution in [-0.4, -0.2) is 63.8 Å². The SMILES string of the molecule is CC1CN(c2nc(OC3=C4CCCN4CC3)nc3c(F)c(-c4cc(O)cc5ccccc45)ncc23)CCO1. The second kappa shape index (κ2) is 9.09. The number of nitrogens with zero attached hydrogens (tertiary/aromatic N) is 5. The lowest BCUT2D eigenvalue weighted by molar-refractivity contribution is 0.0530. The van der Waals surface area contributed by atoms with Crippen molar-refractivity contribution in [3.8, 4) is 23.0 Å². The molecular weight excluding hydrogens is 485 g/mol. The predicted molar refractivity (Wildman–Crippen MR) is 143 cm³/mol. The zero-order chi connectivity index (χ0) is 25.8. The molecule has 8 nitrogen and oxygen atoms in total. The average molecular weight is 514 g/mol. The number of hydrogen-bond donors (Lipinski definition) is 1. The Morgan fingerprint density at radius 2 is 1.95 bits per heavy atom. The number of rotatable bonds is 4. The van der Waals surface area contributed by atoms with Crippen molar-refractivity contribution in [2.75, 3.05) is 37.7 Å². The Bertz CT molecular complexity index is 1610. The van der Waals surface area contributed by atoms with Crippen LogP contribution in [0.3, 0.4) is 0 Å². The van der Waals surface area contributed by atoms with Crippen molar-refractivity contribution >= 4 is 27.5 Å². The molecule has 0 radical (unpaired) electrons. The molecule has 1 N–H and O–H groups in total. The molecule has 4 aromatic rings. The summed E-state index contributed by atoms with van der Waals surface area (Å²) in [6, 6.07) is 10.9. The fraction of sp³-hybridized carbons (Fsp3) is 0.345. The van der Waals surface area contributed by atoms with Gasteiger partial charge in [-0.3, -0.25) is 4.98 Å². The number of morpholine rings is 1. The van der Waals surface area contributed by atoms with E-state index in [1.54, 1.807) is 18.3 Å². The fourth-order valence-corrected chi connectivity index (χ4v) is 5.89. The third-order valence-corrected chi connectivity index (χ3v) is 7.65. The van der Waals surface area contributed by atoms with Crippen LogP contribution in [0.5, 0.6) is 11.8 Å². The normalized spacial score (nSPS) is 19.6. The van der Waals surface area contributed by atoms with E-state index in [1.165, 1.54) is 5.70 Å². The summed E-state index contributed by atoms with van der Waals surface area (Å²) in [7, 11) is 0. The number of phenolic OH excluding ortho intramolecular Hbond substituents is 1. The molecule has 2 fully saturated rings. The first-order chi connectivity index (χ1) is 18.5. The lowest BCUT2D eigenvalue weighted by Crippen LogP contribution is -2.41. The Balaban J connectivity index is 1.41. The van der Waals surface area contributed by atoms with Gasteiger partial charge in [-0.25, -0.2) is 4.39 Å². The summed E-state index contributed by atoms with van der Waals surface area (Å²) in [6.45, 7) is 5.78. The highest BCUT2D eigenvalue weighted by molar-refractivity contribution is 5.99. The van der Waals surface area contributed by atoms with Crippen LogP contribution >= 0.6 is 0 Å². The molecular formula is C29H28FN5O3. The first-order valence-corrected chi connectivity index (χ1v) is 13.1. The second-order valence-electron chi connectivity index (χ2n) is 10.2. The quantitative estimate of drug-likeness (QED) is 0.408. The van der Waals surface area contributed by atoms with Crippen LogP contribution in [-0.2, 0) is 4.74 Å². The van der Waals surface area contributed by atoms with Crippen molar-refractivity contribution in [3.05, 3.63) is 59.9 Å². The lowest BCUT2D eigenvalue weighted by atomic mass is 10.0. The smallest absolute Gasteiger partial charge is 0.324 e. The molecule has 0 bridgehead atoms. The van der Waals surface area contributed by atoms with E-state index >= 15 is 4.39 Å². The molecule has 3 aliphatic heterocycles. The molecule has 9 heteroatoms. The number of fused-ring (bicyclic) bond motifs is 3. The van der Waals surface area contributed by atoms with Crippen LogP contribution in [0.4, 0.5) is 10.2 Å². The highest BCUT2D eigenvalue weighted by Gasteiger charge is 2.30. The van der Waals surface area contributed by atoms with Gasteiger partial charge in [-0.15, -0.1) is 0 Å². The van der Waals surface area contributed by atoms with Crippen molar-refractivity contribution in [2.45, 2.75) is 32.3 Å². The number of pyridine rings is 1. The monoisotopic (exact) mass is 513 g/mol. The van der Waals surface area contributed by atoms with Crippen LogP contribution in [0.15, 0.2) is 54.1 Å². The van der Waals surface area contributed by atoms with E-state index in [-0.39, 0.29) is 29.1 Å². The van der Waals surface area contributed by atoms with Gasteiger partial charge in [0.1, 0.15) is 28.5 Å². The first kappa shape index (κ1) is 23.2. The predicted octanol–water partition coefficient (Wildman–Crippen LogP) is 5.00. The van der Waals surface area contributed by atoms with Crippen LogP contribution in [0.2, 0.25) is 0 Å². The van der Waals surface area contributed by atoms with Gasteiger partial charge in [-0.1, -0.05) is 24.3 Å². The Morgan fingerprint density at radius 1 is 1.05 bits per heavy atom. The number of aromatic nitrogens is 3. The molecule has 1 atom stereocenters. The van der Waals surface area contributed by atoms with Crippen LogP contribution in [0.25, 0.3) is 32.9 Å². The molecule has 0 saturated carbocycles. The average Bonchev–Trinajstić information content (AvgIpc) is 3.54. The molecule has 0 spiro atoms. The van der Waals surface area contributed by atoms with Crippen LogP contribution in [0.1, 0.15) is 26.2 Å². The first-order valence-electron chi connectivity index (χ1n) is 13.1. The van der Waals surface area contributed by atoms with E-state index < -0.39 is 5.82 Å². The Labute approximate surface area is 219 Å². The summed E-state index contributed by atoms with van der Waals surface area (Å²) < 4.78 is 28.4. The van der Waals surface area contributed by atoms with Gasteiger partial charge in [-0.05, 0) is 42.7 Å². The summed E-state index contributed by atoms with van der Waals surface area (Å²) >= 11 is 0. The number of phenols is 1. The van der Waals surface area contributed by atoms with E-state index in [1.807, 2.05) is 31.2 Å². The standard InChI is InChI=1S/C29H28FN5O3/c1-17-16-35(11-12-37-17)28-22-15-31-26(21-14-19(36)13-18-5-2-3-6-20(18)21)25(30)27(22)32-29(33-28)38-24-8-10-34-9-4-7-23(24)34/h2-3,5-6,13-15,17,36H,4,7-12,16H2,1H3. The minimum atomic E-state index is -0.570. The van der Waals surface area contributed by atoms with Crippen molar-refractivity contribution < 1.29 is 19.0 Å². The van der Waals surface area contributed by atoms with Gasteiger partial charge in [0.15, 0.2) is 5.82 Å². The van der Waals surface area contributed by atoms with Crippen molar-refractivity contribution in [2.24, 2.45) is 0 Å². The minimum Gasteiger partial charge on any atom is -0.508 e. The van der Waals surface area contributed by atoms with Crippen molar-refractivity contribution in [1.29, 1.82) is 0 Å². The Kier molecular flexibility index (Phi) is 5.54. The molecule has 5 heterocycles. The van der Waals surface area contributed by atoms with E-state index in [2.05, 4.69) is 19.8 Å². The van der Waals surface area contributed by atoms with Gasteiger partial charge in [0, 0.05) is 44.4 Å². The largest absolute Gasteiger partial charge is 0.508 e. The van der Waals surface area contributed by atoms with Gasteiger partial charge in [-0.2, -0.15) is 9.97 Å². The van der Waals surface area contributed by atoms with Crippen molar-refractivity contribution in [3.63, 3.8) is 0 Å². The highest BCUT2D eigenvalue weighted by atomic mass is 19.1. The molecule has 3 aliphatic rings. The Hall–Kier alpha value is -3.98.